The molecule has 29 heavy (non-hydrogen) atoms. The maximum absolute atomic E-state index is 12.8. The summed E-state index contributed by atoms with van der Waals surface area (Å²) in [6.45, 7) is 3.76. The van der Waals surface area contributed by atoms with Crippen molar-refractivity contribution in [1.82, 2.24) is 4.98 Å². The molecule has 1 saturated heterocycles. The van der Waals surface area contributed by atoms with E-state index < -0.39 is 5.60 Å². The van der Waals surface area contributed by atoms with E-state index in [1.165, 1.54) is 10.3 Å². The highest BCUT2D eigenvalue weighted by atomic mass is 35.5. The van der Waals surface area contributed by atoms with Gasteiger partial charge in [-0.1, -0.05) is 47.5 Å². The number of hydrogen-bond donors (Lipinski definition) is 0. The monoisotopic (exact) mass is 446 g/mol. The summed E-state index contributed by atoms with van der Waals surface area (Å²) >= 11 is 14.1. The van der Waals surface area contributed by atoms with Gasteiger partial charge in [-0.25, -0.2) is 4.98 Å². The Labute approximate surface area is 183 Å². The van der Waals surface area contributed by atoms with Crippen molar-refractivity contribution in [3.63, 3.8) is 0 Å². The first-order valence-electron chi connectivity index (χ1n) is 9.82. The van der Waals surface area contributed by atoms with Crippen LogP contribution in [0.25, 0.3) is 10.2 Å². The summed E-state index contributed by atoms with van der Waals surface area (Å²) in [5, 5.41) is 1.90. The number of anilines is 1. The minimum Gasteiger partial charge on any atom is -0.484 e. The fourth-order valence-corrected chi connectivity index (χ4v) is 5.82. The number of benzene rings is 2. The molecule has 0 saturated carbocycles. The van der Waals surface area contributed by atoms with Gasteiger partial charge in [-0.05, 0) is 36.2 Å². The Morgan fingerprint density at radius 1 is 1.21 bits per heavy atom. The summed E-state index contributed by atoms with van der Waals surface area (Å²) < 4.78 is 7.56. The molecule has 0 aliphatic carbocycles. The third-order valence-electron chi connectivity index (χ3n) is 5.91. The van der Waals surface area contributed by atoms with Crippen molar-refractivity contribution >= 4 is 55.7 Å². The summed E-state index contributed by atoms with van der Waals surface area (Å²) in [7, 11) is 0. The molecule has 150 valence electrons. The second-order valence-corrected chi connectivity index (χ2v) is 9.64. The maximum atomic E-state index is 12.8. The minimum atomic E-state index is -0.496. The van der Waals surface area contributed by atoms with Crippen molar-refractivity contribution in [3.8, 4) is 5.75 Å². The topological polar surface area (TPSA) is 42.4 Å². The molecule has 1 aromatic heterocycles. The van der Waals surface area contributed by atoms with Crippen molar-refractivity contribution in [2.75, 3.05) is 18.0 Å². The first-order valence-corrected chi connectivity index (χ1v) is 11.4. The minimum absolute atomic E-state index is 0.0520. The molecular formula is C22H20Cl2N2O2S. The molecule has 2 aromatic carbocycles. The molecule has 1 spiro atoms. The molecule has 3 aromatic rings. The van der Waals surface area contributed by atoms with Crippen LogP contribution in [0.4, 0.5) is 5.13 Å². The number of hydrogen-bond acceptors (Lipinski definition) is 5. The lowest BCUT2D eigenvalue weighted by atomic mass is 9.82. The second kappa shape index (κ2) is 7.15. The Morgan fingerprint density at radius 3 is 2.76 bits per heavy atom. The van der Waals surface area contributed by atoms with E-state index in [1.54, 1.807) is 23.5 Å². The van der Waals surface area contributed by atoms with Crippen molar-refractivity contribution in [3.05, 3.63) is 51.5 Å². The van der Waals surface area contributed by atoms with Crippen molar-refractivity contribution in [2.24, 2.45) is 0 Å². The number of carbonyl (C=O) groups is 1. The van der Waals surface area contributed by atoms with Crippen LogP contribution in [0.1, 0.15) is 42.1 Å². The Bertz CT molecular complexity index is 1120. The largest absolute Gasteiger partial charge is 0.484 e. The molecule has 2 aliphatic heterocycles. The summed E-state index contributed by atoms with van der Waals surface area (Å²) in [4.78, 5) is 19.9. The summed E-state index contributed by atoms with van der Waals surface area (Å²) in [5.41, 5.74) is 2.37. The van der Waals surface area contributed by atoms with E-state index >= 15 is 0 Å². The molecule has 0 bridgehead atoms. The zero-order valence-corrected chi connectivity index (χ0v) is 18.3. The smallest absolute Gasteiger partial charge is 0.186 e. The van der Waals surface area contributed by atoms with Gasteiger partial charge in [0.25, 0.3) is 0 Å². The van der Waals surface area contributed by atoms with Gasteiger partial charge in [-0.3, -0.25) is 4.79 Å². The number of rotatable bonds is 2. The van der Waals surface area contributed by atoms with Crippen LogP contribution < -0.4 is 9.64 Å². The highest BCUT2D eigenvalue weighted by Crippen LogP contribution is 2.44. The fourth-order valence-electron chi connectivity index (χ4n) is 4.21. The zero-order chi connectivity index (χ0) is 20.2. The molecule has 0 atom stereocenters. The highest BCUT2D eigenvalue weighted by molar-refractivity contribution is 7.22. The number of carbonyl (C=O) groups excluding carboxylic acids is 1. The quantitative estimate of drug-likeness (QED) is 0.471. The van der Waals surface area contributed by atoms with Crippen LogP contribution in [0.2, 0.25) is 10.0 Å². The lowest BCUT2D eigenvalue weighted by molar-refractivity contribution is 0.0233. The molecule has 3 heterocycles. The van der Waals surface area contributed by atoms with Crippen LogP contribution in [0, 0.1) is 0 Å². The first kappa shape index (κ1) is 19.2. The molecule has 0 unspecified atom stereocenters. The van der Waals surface area contributed by atoms with Crippen LogP contribution >= 0.6 is 34.5 Å². The van der Waals surface area contributed by atoms with E-state index in [0.717, 1.165) is 43.0 Å². The number of fused-ring (bicyclic) bond motifs is 2. The fraction of sp³-hybridized carbons (Fsp3) is 0.364. The number of thiazole rings is 1. The van der Waals surface area contributed by atoms with Gasteiger partial charge in [0.05, 0.1) is 27.2 Å². The van der Waals surface area contributed by atoms with Crippen molar-refractivity contribution < 1.29 is 9.53 Å². The summed E-state index contributed by atoms with van der Waals surface area (Å²) in [6, 6.07) is 9.77. The molecular weight excluding hydrogens is 427 g/mol. The number of piperidine rings is 1. The molecule has 1 fully saturated rings. The van der Waals surface area contributed by atoms with Gasteiger partial charge in [0.15, 0.2) is 10.9 Å². The molecule has 2 aliphatic rings. The van der Waals surface area contributed by atoms with Crippen LogP contribution in [-0.2, 0) is 6.42 Å². The standard InChI is InChI=1S/C22H20Cl2N2O2S/c1-2-13-3-4-17-19(9-13)29-21(25-17)26-7-5-22(6-8-26)12-18(27)15-10-14(23)11-16(24)20(15)28-22/h3-4,9-11H,2,5-8,12H2,1H3. The number of nitrogens with zero attached hydrogens (tertiary/aromatic N) is 2. The van der Waals surface area contributed by atoms with Gasteiger partial charge in [-0.2, -0.15) is 0 Å². The average molecular weight is 447 g/mol. The van der Waals surface area contributed by atoms with E-state index in [9.17, 15) is 4.79 Å². The third kappa shape index (κ3) is 3.39. The Balaban J connectivity index is 1.37. The zero-order valence-electron chi connectivity index (χ0n) is 16.0. The number of Topliss-reactive ketones (excluding diaryl/α,β-unsaturated/α-hetero) is 1. The molecule has 0 amide bonds. The Kier molecular flexibility index (Phi) is 4.72. The van der Waals surface area contributed by atoms with Gasteiger partial charge in [-0.15, -0.1) is 0 Å². The number of halogens is 2. The SMILES string of the molecule is CCc1ccc2nc(N3CCC4(CC3)CC(=O)c3cc(Cl)cc(Cl)c3O4)sc2c1. The first-order chi connectivity index (χ1) is 14.0. The number of ether oxygens (including phenoxy) is 1. The van der Waals surface area contributed by atoms with Crippen LogP contribution in [-0.4, -0.2) is 29.5 Å². The third-order valence-corrected chi connectivity index (χ3v) is 7.48. The van der Waals surface area contributed by atoms with Gasteiger partial charge >= 0.3 is 0 Å². The van der Waals surface area contributed by atoms with E-state index in [1.807, 2.05) is 0 Å². The van der Waals surface area contributed by atoms with E-state index in [4.69, 9.17) is 32.9 Å². The molecule has 5 rings (SSSR count). The molecule has 0 N–H and O–H groups in total. The van der Waals surface area contributed by atoms with Crippen LogP contribution in [0.5, 0.6) is 5.75 Å². The average Bonchev–Trinajstić information content (AvgIpc) is 3.13. The van der Waals surface area contributed by atoms with Crippen molar-refractivity contribution in [1.29, 1.82) is 0 Å². The molecule has 4 nitrogen and oxygen atoms in total. The van der Waals surface area contributed by atoms with Crippen LogP contribution in [0.3, 0.4) is 0 Å². The Hall–Kier alpha value is -1.82. The van der Waals surface area contributed by atoms with E-state index in [-0.39, 0.29) is 5.78 Å². The predicted molar refractivity (Wildman–Crippen MR) is 119 cm³/mol. The van der Waals surface area contributed by atoms with Crippen LogP contribution in [0.15, 0.2) is 30.3 Å². The highest BCUT2D eigenvalue weighted by Gasteiger charge is 2.44. The number of ketones is 1. The number of aryl methyl sites for hydroxylation is 1. The van der Waals surface area contributed by atoms with E-state index in [0.29, 0.717) is 27.8 Å². The van der Waals surface area contributed by atoms with Gasteiger partial charge in [0.1, 0.15) is 11.4 Å². The van der Waals surface area contributed by atoms with Gasteiger partial charge in [0, 0.05) is 31.0 Å². The summed E-state index contributed by atoms with van der Waals surface area (Å²) in [5.74, 6) is 0.532. The van der Waals surface area contributed by atoms with Crippen molar-refractivity contribution in [2.45, 2.75) is 38.2 Å². The normalized spacial score (nSPS) is 18.2. The lowest BCUT2D eigenvalue weighted by Gasteiger charge is -2.44. The second-order valence-electron chi connectivity index (χ2n) is 7.79. The van der Waals surface area contributed by atoms with Gasteiger partial charge in [0.2, 0.25) is 0 Å². The van der Waals surface area contributed by atoms with Gasteiger partial charge < -0.3 is 9.64 Å². The molecule has 7 heteroatoms. The Morgan fingerprint density at radius 2 is 2.00 bits per heavy atom. The summed E-state index contributed by atoms with van der Waals surface area (Å²) in [6.07, 6.45) is 2.90. The lowest BCUT2D eigenvalue weighted by Crippen LogP contribution is -2.51. The van der Waals surface area contributed by atoms with E-state index in [2.05, 4.69) is 30.0 Å². The molecule has 0 radical (unpaired) electrons. The predicted octanol–water partition coefficient (Wildman–Crippen LogP) is 6.17. The number of aromatic nitrogens is 1. The maximum Gasteiger partial charge on any atom is 0.186 e.